The minimum absolute atomic E-state index is 0. The lowest BCUT2D eigenvalue weighted by molar-refractivity contribution is 0.182. The Labute approximate surface area is 152 Å². The molecule has 2 N–H and O–H groups in total. The Balaban J connectivity index is 0.00000208. The topological polar surface area (TPSA) is 114 Å². The molecular weight excluding hydrogens is 396 g/mol. The van der Waals surface area contributed by atoms with Crippen LogP contribution in [0.5, 0.6) is 0 Å². The average Bonchev–Trinajstić information content (AvgIpc) is 3.05. The maximum Gasteiger partial charge on any atom is 0.218 e. The van der Waals surface area contributed by atoms with E-state index in [2.05, 4.69) is 9.88 Å². The van der Waals surface area contributed by atoms with Gasteiger partial charge in [0.05, 0.1) is 16.8 Å². The fraction of sp³-hybridized carbons (Fsp3) is 0.750. The zero-order valence-corrected chi connectivity index (χ0v) is 16.3. The number of nitrogens with two attached hydrogens (primary N) is 1. The van der Waals surface area contributed by atoms with Crippen molar-refractivity contribution in [2.75, 3.05) is 43.4 Å². The smallest absolute Gasteiger partial charge is 0.218 e. The van der Waals surface area contributed by atoms with Gasteiger partial charge in [-0.15, -0.1) is 23.7 Å². The first kappa shape index (κ1) is 19.9. The van der Waals surface area contributed by atoms with Crippen LogP contribution in [0, 0.1) is 0 Å². The summed E-state index contributed by atoms with van der Waals surface area (Å²) in [5.74, 6) is -0.265. The van der Waals surface area contributed by atoms with E-state index in [1.165, 1.54) is 15.6 Å². The molecule has 2 saturated heterocycles. The Kier molecular flexibility index (Phi) is 6.14. The molecule has 2 aliphatic rings. The fourth-order valence-corrected chi connectivity index (χ4v) is 8.20. The van der Waals surface area contributed by atoms with Gasteiger partial charge in [-0.25, -0.2) is 21.8 Å². The standard InChI is InChI=1S/C12H20N4O4S3.ClH/c13-12-14-7-10(21-12)8-15-2-4-16(5-3-15)23(19,20)11-1-6-22(17,18)9-11;/h7,11H,1-6,8-9H2,(H2,13,14);1H. The number of rotatable bonds is 4. The van der Waals surface area contributed by atoms with Gasteiger partial charge in [-0.3, -0.25) is 4.90 Å². The molecule has 8 nitrogen and oxygen atoms in total. The van der Waals surface area contributed by atoms with Crippen molar-refractivity contribution in [2.45, 2.75) is 18.2 Å². The highest BCUT2D eigenvalue weighted by molar-refractivity contribution is 7.95. The number of nitrogen functional groups attached to an aromatic ring is 1. The van der Waals surface area contributed by atoms with E-state index in [1.807, 2.05) is 0 Å². The van der Waals surface area contributed by atoms with Gasteiger partial charge in [-0.05, 0) is 6.42 Å². The summed E-state index contributed by atoms with van der Waals surface area (Å²) < 4.78 is 49.6. The molecule has 1 unspecified atom stereocenters. The van der Waals surface area contributed by atoms with Crippen LogP contribution in [-0.4, -0.2) is 74.0 Å². The zero-order valence-electron chi connectivity index (χ0n) is 13.0. The van der Waals surface area contributed by atoms with Gasteiger partial charge in [0.1, 0.15) is 0 Å². The molecule has 2 aliphatic heterocycles. The first-order valence-electron chi connectivity index (χ1n) is 7.38. The molecule has 24 heavy (non-hydrogen) atoms. The summed E-state index contributed by atoms with van der Waals surface area (Å²) in [7, 11) is -6.73. The molecular formula is C12H21ClN4O4S3. The zero-order chi connectivity index (χ0) is 16.7. The number of sulfonamides is 1. The number of halogens is 1. The molecule has 138 valence electrons. The van der Waals surface area contributed by atoms with Crippen LogP contribution in [0.25, 0.3) is 0 Å². The summed E-state index contributed by atoms with van der Waals surface area (Å²) in [4.78, 5) is 7.22. The molecule has 0 amide bonds. The average molecular weight is 417 g/mol. The van der Waals surface area contributed by atoms with Crippen molar-refractivity contribution in [3.05, 3.63) is 11.1 Å². The summed E-state index contributed by atoms with van der Waals surface area (Å²) in [5, 5.41) is -0.246. The second-order valence-corrected chi connectivity index (χ2v) is 11.5. The van der Waals surface area contributed by atoms with Gasteiger partial charge in [-0.2, -0.15) is 4.31 Å². The number of piperazine rings is 1. The predicted octanol–water partition coefficient (Wildman–Crippen LogP) is -0.218. The van der Waals surface area contributed by atoms with Crippen LogP contribution in [-0.2, 0) is 26.4 Å². The number of aromatic nitrogens is 1. The molecule has 0 bridgehead atoms. The van der Waals surface area contributed by atoms with Gasteiger partial charge < -0.3 is 5.73 Å². The van der Waals surface area contributed by atoms with E-state index in [-0.39, 0.29) is 30.3 Å². The SMILES string of the molecule is Cl.Nc1ncc(CN2CCN(S(=O)(=O)C3CCS(=O)(=O)C3)CC2)s1. The summed E-state index contributed by atoms with van der Waals surface area (Å²) >= 11 is 1.43. The van der Waals surface area contributed by atoms with E-state index in [1.54, 1.807) is 6.20 Å². The van der Waals surface area contributed by atoms with Crippen molar-refractivity contribution in [3.8, 4) is 0 Å². The molecule has 0 aromatic carbocycles. The van der Waals surface area contributed by atoms with Gasteiger partial charge in [0.2, 0.25) is 10.0 Å². The van der Waals surface area contributed by atoms with Crippen LogP contribution in [0.1, 0.15) is 11.3 Å². The number of anilines is 1. The first-order valence-corrected chi connectivity index (χ1v) is 11.5. The van der Waals surface area contributed by atoms with Gasteiger partial charge >= 0.3 is 0 Å². The number of thiazole rings is 1. The minimum atomic E-state index is -3.53. The number of nitrogens with zero attached hydrogens (tertiary/aromatic N) is 3. The normalized spacial score (nSPS) is 25.4. The molecule has 3 rings (SSSR count). The van der Waals surface area contributed by atoms with E-state index in [4.69, 9.17) is 5.73 Å². The lowest BCUT2D eigenvalue weighted by Gasteiger charge is -2.34. The Morgan fingerprint density at radius 2 is 1.96 bits per heavy atom. The third kappa shape index (κ3) is 4.38. The van der Waals surface area contributed by atoms with Crippen molar-refractivity contribution in [1.82, 2.24) is 14.2 Å². The molecule has 0 spiro atoms. The molecule has 0 radical (unpaired) electrons. The molecule has 2 fully saturated rings. The Hall–Kier alpha value is -0.460. The number of hydrogen-bond donors (Lipinski definition) is 1. The first-order chi connectivity index (χ1) is 10.8. The Morgan fingerprint density at radius 1 is 1.29 bits per heavy atom. The third-order valence-electron chi connectivity index (χ3n) is 4.25. The largest absolute Gasteiger partial charge is 0.375 e. The molecule has 1 aromatic heterocycles. The molecule has 1 aromatic rings. The highest BCUT2D eigenvalue weighted by atomic mass is 35.5. The van der Waals surface area contributed by atoms with Crippen LogP contribution in [0.15, 0.2) is 6.20 Å². The predicted molar refractivity (Wildman–Crippen MR) is 96.6 cm³/mol. The van der Waals surface area contributed by atoms with Crippen molar-refractivity contribution < 1.29 is 16.8 Å². The number of hydrogen-bond acceptors (Lipinski definition) is 8. The molecule has 1 atom stereocenters. The van der Waals surface area contributed by atoms with E-state index >= 15 is 0 Å². The maximum atomic E-state index is 12.6. The van der Waals surface area contributed by atoms with Crippen molar-refractivity contribution in [3.63, 3.8) is 0 Å². The lowest BCUT2D eigenvalue weighted by Crippen LogP contribution is -2.50. The van der Waals surface area contributed by atoms with Crippen LogP contribution in [0.3, 0.4) is 0 Å². The fourth-order valence-electron chi connectivity index (χ4n) is 2.96. The molecule has 0 aliphatic carbocycles. The molecule has 12 heteroatoms. The Morgan fingerprint density at radius 3 is 2.46 bits per heavy atom. The maximum absolute atomic E-state index is 12.6. The van der Waals surface area contributed by atoms with Crippen LogP contribution in [0.2, 0.25) is 0 Å². The summed E-state index contributed by atoms with van der Waals surface area (Å²) in [5.41, 5.74) is 5.61. The van der Waals surface area contributed by atoms with Gasteiger partial charge in [0.25, 0.3) is 0 Å². The van der Waals surface area contributed by atoms with Gasteiger partial charge in [0.15, 0.2) is 15.0 Å². The van der Waals surface area contributed by atoms with Crippen molar-refractivity contribution in [1.29, 1.82) is 0 Å². The monoisotopic (exact) mass is 416 g/mol. The Bertz CT molecular complexity index is 772. The quantitative estimate of drug-likeness (QED) is 0.721. The van der Waals surface area contributed by atoms with Crippen LogP contribution < -0.4 is 5.73 Å². The van der Waals surface area contributed by atoms with E-state index in [9.17, 15) is 16.8 Å². The van der Waals surface area contributed by atoms with Gasteiger partial charge in [-0.1, -0.05) is 0 Å². The molecule has 3 heterocycles. The van der Waals surface area contributed by atoms with E-state index in [0.29, 0.717) is 37.9 Å². The van der Waals surface area contributed by atoms with Crippen LogP contribution >= 0.6 is 23.7 Å². The highest BCUT2D eigenvalue weighted by Gasteiger charge is 2.41. The van der Waals surface area contributed by atoms with Crippen molar-refractivity contribution >= 4 is 48.7 Å². The lowest BCUT2D eigenvalue weighted by atomic mass is 10.3. The summed E-state index contributed by atoms with van der Waals surface area (Å²) in [6, 6.07) is 0. The van der Waals surface area contributed by atoms with E-state index < -0.39 is 25.1 Å². The second kappa shape index (κ2) is 7.42. The highest BCUT2D eigenvalue weighted by Crippen LogP contribution is 2.24. The number of sulfone groups is 1. The summed E-state index contributed by atoms with van der Waals surface area (Å²) in [6.45, 7) is 2.74. The molecule has 0 saturated carbocycles. The third-order valence-corrected chi connectivity index (χ3v) is 9.37. The van der Waals surface area contributed by atoms with Crippen LogP contribution in [0.4, 0.5) is 5.13 Å². The minimum Gasteiger partial charge on any atom is -0.375 e. The second-order valence-electron chi connectivity index (χ2n) is 5.91. The van der Waals surface area contributed by atoms with Crippen molar-refractivity contribution in [2.24, 2.45) is 0 Å². The van der Waals surface area contributed by atoms with E-state index in [0.717, 1.165) is 4.88 Å². The summed E-state index contributed by atoms with van der Waals surface area (Å²) in [6.07, 6.45) is 1.96. The van der Waals surface area contributed by atoms with Gasteiger partial charge in [0, 0.05) is 43.8 Å².